The van der Waals surface area contributed by atoms with Crippen LogP contribution in [0.5, 0.6) is 11.5 Å². The number of nitrogens with one attached hydrogen (secondary N) is 2. The van der Waals surface area contributed by atoms with E-state index < -0.39 is 0 Å². The summed E-state index contributed by atoms with van der Waals surface area (Å²) in [7, 11) is 0. The number of ether oxygens (including phenoxy) is 2. The Morgan fingerprint density at radius 3 is 2.40 bits per heavy atom. The van der Waals surface area contributed by atoms with Crippen LogP contribution in [-0.2, 0) is 0 Å². The number of anilines is 2. The minimum absolute atomic E-state index is 0.269. The predicted octanol–water partition coefficient (Wildman–Crippen LogP) is 3.53. The number of rotatable bonds is 2. The summed E-state index contributed by atoms with van der Waals surface area (Å²) in [5.41, 5.74) is 3.03. The maximum atomic E-state index is 5.33. The van der Waals surface area contributed by atoms with E-state index in [-0.39, 0.29) is 6.79 Å². The third-order valence-electron chi connectivity index (χ3n) is 2.94. The molecular formula is C15H14N2O2S. The van der Waals surface area contributed by atoms with Crippen LogP contribution < -0.4 is 20.1 Å². The first-order chi connectivity index (χ1) is 9.70. The van der Waals surface area contributed by atoms with E-state index in [4.69, 9.17) is 21.7 Å². The third kappa shape index (κ3) is 2.83. The number of thiocarbonyl (C=S) groups is 1. The van der Waals surface area contributed by atoms with Gasteiger partial charge >= 0.3 is 0 Å². The molecular weight excluding hydrogens is 272 g/mol. The van der Waals surface area contributed by atoms with E-state index in [2.05, 4.69) is 10.6 Å². The second kappa shape index (κ2) is 5.38. The minimum atomic E-state index is 0.269. The van der Waals surface area contributed by atoms with Crippen LogP contribution in [-0.4, -0.2) is 11.9 Å². The number of hydrogen-bond acceptors (Lipinski definition) is 3. The van der Waals surface area contributed by atoms with Gasteiger partial charge in [-0.25, -0.2) is 0 Å². The number of aryl methyl sites for hydroxylation is 1. The highest BCUT2D eigenvalue weighted by Crippen LogP contribution is 2.34. The Morgan fingerprint density at radius 1 is 0.950 bits per heavy atom. The number of benzene rings is 2. The van der Waals surface area contributed by atoms with Crippen molar-refractivity contribution in [3.63, 3.8) is 0 Å². The van der Waals surface area contributed by atoms with Gasteiger partial charge in [0.15, 0.2) is 16.6 Å². The van der Waals surface area contributed by atoms with Crippen molar-refractivity contribution in [2.75, 3.05) is 17.4 Å². The van der Waals surface area contributed by atoms with Gasteiger partial charge < -0.3 is 20.1 Å². The molecule has 1 heterocycles. The van der Waals surface area contributed by atoms with E-state index in [0.717, 1.165) is 22.9 Å². The molecule has 102 valence electrons. The van der Waals surface area contributed by atoms with Gasteiger partial charge in [0.1, 0.15) is 0 Å². The fraction of sp³-hybridized carbons (Fsp3) is 0.133. The fourth-order valence-electron chi connectivity index (χ4n) is 1.90. The Hall–Kier alpha value is -2.27. The van der Waals surface area contributed by atoms with Crippen LogP contribution in [0.25, 0.3) is 0 Å². The molecule has 0 amide bonds. The molecule has 4 nitrogen and oxygen atoms in total. The maximum absolute atomic E-state index is 5.33. The predicted molar refractivity (Wildman–Crippen MR) is 83.6 cm³/mol. The molecule has 3 rings (SSSR count). The van der Waals surface area contributed by atoms with Crippen molar-refractivity contribution < 1.29 is 9.47 Å². The summed E-state index contributed by atoms with van der Waals surface area (Å²) in [5.74, 6) is 1.49. The molecule has 20 heavy (non-hydrogen) atoms. The second-order valence-electron chi connectivity index (χ2n) is 4.51. The van der Waals surface area contributed by atoms with Crippen LogP contribution in [0.3, 0.4) is 0 Å². The molecule has 0 radical (unpaired) electrons. The van der Waals surface area contributed by atoms with Gasteiger partial charge in [-0.3, -0.25) is 0 Å². The monoisotopic (exact) mass is 286 g/mol. The zero-order chi connectivity index (χ0) is 13.9. The van der Waals surface area contributed by atoms with Crippen molar-refractivity contribution in [1.82, 2.24) is 0 Å². The molecule has 0 bridgehead atoms. The van der Waals surface area contributed by atoms with Gasteiger partial charge in [-0.1, -0.05) is 17.7 Å². The Balaban J connectivity index is 1.65. The minimum Gasteiger partial charge on any atom is -0.454 e. The zero-order valence-electron chi connectivity index (χ0n) is 11.0. The fourth-order valence-corrected chi connectivity index (χ4v) is 2.14. The molecule has 0 atom stereocenters. The Morgan fingerprint density at radius 2 is 1.60 bits per heavy atom. The van der Waals surface area contributed by atoms with Crippen LogP contribution >= 0.6 is 12.2 Å². The lowest BCUT2D eigenvalue weighted by molar-refractivity contribution is 0.174. The lowest BCUT2D eigenvalue weighted by atomic mass is 10.2. The average molecular weight is 286 g/mol. The first-order valence-electron chi connectivity index (χ1n) is 6.25. The molecule has 0 aliphatic carbocycles. The molecule has 0 fully saturated rings. The van der Waals surface area contributed by atoms with Gasteiger partial charge in [-0.15, -0.1) is 0 Å². The number of hydrogen-bond donors (Lipinski definition) is 2. The van der Waals surface area contributed by atoms with Gasteiger partial charge in [0.05, 0.1) is 0 Å². The first-order valence-corrected chi connectivity index (χ1v) is 6.66. The van der Waals surface area contributed by atoms with E-state index in [9.17, 15) is 0 Å². The van der Waals surface area contributed by atoms with E-state index in [0.29, 0.717) is 5.11 Å². The summed E-state index contributed by atoms with van der Waals surface area (Å²) in [4.78, 5) is 0. The van der Waals surface area contributed by atoms with Crippen molar-refractivity contribution in [2.45, 2.75) is 6.92 Å². The van der Waals surface area contributed by atoms with Crippen LogP contribution in [0.1, 0.15) is 5.56 Å². The average Bonchev–Trinajstić information content (AvgIpc) is 2.89. The normalized spacial score (nSPS) is 12.1. The molecule has 1 aliphatic heterocycles. The summed E-state index contributed by atoms with van der Waals surface area (Å²) in [6, 6.07) is 13.7. The molecule has 0 unspecified atom stereocenters. The lowest BCUT2D eigenvalue weighted by Gasteiger charge is -2.11. The smallest absolute Gasteiger partial charge is 0.231 e. The van der Waals surface area contributed by atoms with Crippen molar-refractivity contribution in [3.8, 4) is 11.5 Å². The molecule has 0 aromatic heterocycles. The molecule has 5 heteroatoms. The van der Waals surface area contributed by atoms with Crippen molar-refractivity contribution in [2.24, 2.45) is 0 Å². The lowest BCUT2D eigenvalue weighted by Crippen LogP contribution is -2.18. The van der Waals surface area contributed by atoms with Crippen molar-refractivity contribution >= 4 is 28.7 Å². The summed E-state index contributed by atoms with van der Waals surface area (Å²) in [6.07, 6.45) is 0. The topological polar surface area (TPSA) is 42.5 Å². The maximum Gasteiger partial charge on any atom is 0.231 e. The van der Waals surface area contributed by atoms with E-state index >= 15 is 0 Å². The summed E-state index contributed by atoms with van der Waals surface area (Å²) in [5, 5.41) is 6.79. The van der Waals surface area contributed by atoms with Crippen LogP contribution in [0.15, 0.2) is 42.5 Å². The highest BCUT2D eigenvalue weighted by molar-refractivity contribution is 7.80. The van der Waals surface area contributed by atoms with Gasteiger partial charge in [0.25, 0.3) is 0 Å². The Bertz CT molecular complexity index is 641. The van der Waals surface area contributed by atoms with Crippen molar-refractivity contribution in [3.05, 3.63) is 48.0 Å². The number of fused-ring (bicyclic) bond motifs is 1. The highest BCUT2D eigenvalue weighted by atomic mass is 32.1. The van der Waals surface area contributed by atoms with Crippen LogP contribution in [0.2, 0.25) is 0 Å². The molecule has 1 aliphatic rings. The standard InChI is InChI=1S/C15H14N2O2S/c1-10-2-4-11(5-3-10)16-15(20)17-12-6-7-13-14(8-12)19-9-18-13/h2-8H,9H2,1H3,(H2,16,17,20). The summed E-state index contributed by atoms with van der Waals surface area (Å²) >= 11 is 5.28. The molecule has 2 N–H and O–H groups in total. The summed E-state index contributed by atoms with van der Waals surface area (Å²) in [6.45, 7) is 2.32. The molecule has 0 saturated carbocycles. The molecule has 2 aromatic carbocycles. The molecule has 0 saturated heterocycles. The van der Waals surface area contributed by atoms with Gasteiger partial charge in [-0.05, 0) is 43.4 Å². The largest absolute Gasteiger partial charge is 0.454 e. The summed E-state index contributed by atoms with van der Waals surface area (Å²) < 4.78 is 10.6. The van der Waals surface area contributed by atoms with Gasteiger partial charge in [-0.2, -0.15) is 0 Å². The van der Waals surface area contributed by atoms with Crippen LogP contribution in [0, 0.1) is 6.92 Å². The molecule has 2 aromatic rings. The van der Waals surface area contributed by atoms with E-state index in [1.54, 1.807) is 0 Å². The van der Waals surface area contributed by atoms with Crippen molar-refractivity contribution in [1.29, 1.82) is 0 Å². The molecule has 0 spiro atoms. The Kier molecular flexibility index (Phi) is 3.43. The van der Waals surface area contributed by atoms with Gasteiger partial charge in [0, 0.05) is 17.4 Å². The zero-order valence-corrected chi connectivity index (χ0v) is 11.8. The third-order valence-corrected chi connectivity index (χ3v) is 3.14. The first kappa shape index (κ1) is 12.7. The Labute approximate surface area is 122 Å². The SMILES string of the molecule is Cc1ccc(NC(=S)Nc2ccc3c(c2)OCO3)cc1. The van der Waals surface area contributed by atoms with E-state index in [1.807, 2.05) is 49.4 Å². The van der Waals surface area contributed by atoms with Crippen LogP contribution in [0.4, 0.5) is 11.4 Å². The highest BCUT2D eigenvalue weighted by Gasteiger charge is 2.13. The van der Waals surface area contributed by atoms with E-state index in [1.165, 1.54) is 5.56 Å². The van der Waals surface area contributed by atoms with Gasteiger partial charge in [0.2, 0.25) is 6.79 Å². The second-order valence-corrected chi connectivity index (χ2v) is 4.92. The quantitative estimate of drug-likeness (QED) is 0.827.